The van der Waals surface area contributed by atoms with Gasteiger partial charge in [-0.15, -0.1) is 11.6 Å². The predicted octanol–water partition coefficient (Wildman–Crippen LogP) is 3.36. The highest BCUT2D eigenvalue weighted by Crippen LogP contribution is 2.32. The van der Waals surface area contributed by atoms with E-state index in [2.05, 4.69) is 28.1 Å². The summed E-state index contributed by atoms with van der Waals surface area (Å²) in [6.07, 6.45) is 1.19. The van der Waals surface area contributed by atoms with E-state index in [4.69, 9.17) is 11.6 Å². The van der Waals surface area contributed by atoms with Crippen molar-refractivity contribution < 1.29 is 0 Å². The highest BCUT2D eigenvalue weighted by molar-refractivity contribution is 7.22. The normalized spacial score (nSPS) is 20.8. The van der Waals surface area contributed by atoms with E-state index in [1.54, 1.807) is 11.3 Å². The lowest BCUT2D eigenvalue weighted by Gasteiger charge is -2.13. The number of thiazole rings is 1. The van der Waals surface area contributed by atoms with Crippen molar-refractivity contribution in [1.82, 2.24) is 4.98 Å². The van der Waals surface area contributed by atoms with Crippen molar-refractivity contribution in [3.05, 3.63) is 24.3 Å². The number of anilines is 1. The number of alkyl halides is 1. The lowest BCUT2D eigenvalue weighted by molar-refractivity contribution is 0.667. The Morgan fingerprint density at radius 3 is 3.06 bits per heavy atom. The summed E-state index contributed by atoms with van der Waals surface area (Å²) < 4.78 is 1.27. The van der Waals surface area contributed by atoms with Gasteiger partial charge >= 0.3 is 0 Å². The molecule has 1 atom stereocenters. The van der Waals surface area contributed by atoms with Crippen molar-refractivity contribution in [3.63, 3.8) is 0 Å². The zero-order valence-electron chi connectivity index (χ0n) is 8.90. The van der Waals surface area contributed by atoms with Crippen molar-refractivity contribution in [2.24, 2.45) is 5.92 Å². The molecule has 1 aliphatic rings. The van der Waals surface area contributed by atoms with E-state index in [-0.39, 0.29) is 0 Å². The quantitative estimate of drug-likeness (QED) is 0.762. The molecule has 2 heterocycles. The van der Waals surface area contributed by atoms with Gasteiger partial charge in [0.1, 0.15) is 0 Å². The number of fused-ring (bicyclic) bond motifs is 1. The molecule has 1 fully saturated rings. The largest absolute Gasteiger partial charge is 0.348 e. The van der Waals surface area contributed by atoms with Gasteiger partial charge in [-0.05, 0) is 24.5 Å². The average Bonchev–Trinajstić information content (AvgIpc) is 2.95. The SMILES string of the molecule is ClCC1CCN(c2nc3ccccc3s2)C1. The summed E-state index contributed by atoms with van der Waals surface area (Å²) in [6.45, 7) is 2.15. The fourth-order valence-electron chi connectivity index (χ4n) is 2.13. The van der Waals surface area contributed by atoms with Gasteiger partial charge in [0.05, 0.1) is 10.2 Å². The van der Waals surface area contributed by atoms with Gasteiger partial charge < -0.3 is 4.90 Å². The first-order valence-corrected chi connectivity index (χ1v) is 6.88. The van der Waals surface area contributed by atoms with Crippen LogP contribution in [0.25, 0.3) is 10.2 Å². The van der Waals surface area contributed by atoms with Gasteiger partial charge in [-0.2, -0.15) is 0 Å². The maximum atomic E-state index is 5.90. The third-order valence-corrected chi connectivity index (χ3v) is 4.59. The summed E-state index contributed by atoms with van der Waals surface area (Å²) in [5.74, 6) is 1.40. The third-order valence-electron chi connectivity index (χ3n) is 3.06. The van der Waals surface area contributed by atoms with Crippen LogP contribution in [0.2, 0.25) is 0 Å². The average molecular weight is 253 g/mol. The highest BCUT2D eigenvalue weighted by Gasteiger charge is 2.23. The third kappa shape index (κ3) is 1.78. The van der Waals surface area contributed by atoms with Gasteiger partial charge in [-0.25, -0.2) is 4.98 Å². The van der Waals surface area contributed by atoms with E-state index >= 15 is 0 Å². The molecule has 0 amide bonds. The zero-order valence-corrected chi connectivity index (χ0v) is 10.5. The molecule has 3 rings (SSSR count). The zero-order chi connectivity index (χ0) is 11.0. The molecule has 0 N–H and O–H groups in total. The number of halogens is 1. The molecule has 0 bridgehead atoms. The Morgan fingerprint density at radius 1 is 1.44 bits per heavy atom. The van der Waals surface area contributed by atoms with Crippen LogP contribution in [0.3, 0.4) is 0 Å². The van der Waals surface area contributed by atoms with Crippen LogP contribution in [0.4, 0.5) is 5.13 Å². The van der Waals surface area contributed by atoms with Crippen LogP contribution >= 0.6 is 22.9 Å². The van der Waals surface area contributed by atoms with Crippen LogP contribution in [0.5, 0.6) is 0 Å². The van der Waals surface area contributed by atoms with E-state index in [0.29, 0.717) is 5.92 Å². The monoisotopic (exact) mass is 252 g/mol. The summed E-state index contributed by atoms with van der Waals surface area (Å²) in [7, 11) is 0. The van der Waals surface area contributed by atoms with Crippen molar-refractivity contribution in [3.8, 4) is 0 Å². The van der Waals surface area contributed by atoms with Gasteiger partial charge in [0.2, 0.25) is 0 Å². The van der Waals surface area contributed by atoms with E-state index in [0.717, 1.165) is 29.6 Å². The van der Waals surface area contributed by atoms with Crippen LogP contribution in [0.15, 0.2) is 24.3 Å². The number of benzene rings is 1. The first kappa shape index (κ1) is 10.4. The van der Waals surface area contributed by atoms with Crippen molar-refractivity contribution in [2.75, 3.05) is 23.9 Å². The number of rotatable bonds is 2. The molecule has 0 radical (unpaired) electrons. The Kier molecular flexibility index (Phi) is 2.74. The summed E-state index contributed by atoms with van der Waals surface area (Å²) in [4.78, 5) is 7.02. The standard InChI is InChI=1S/C12H13ClN2S/c13-7-9-5-6-15(8-9)12-14-10-3-1-2-4-11(10)16-12/h1-4,9H,5-8H2. The molecule has 1 saturated heterocycles. The van der Waals surface area contributed by atoms with Crippen LogP contribution in [0.1, 0.15) is 6.42 Å². The first-order valence-electron chi connectivity index (χ1n) is 5.53. The van der Waals surface area contributed by atoms with Crippen molar-refractivity contribution >= 4 is 38.3 Å². The van der Waals surface area contributed by atoms with E-state index in [1.807, 2.05) is 6.07 Å². The highest BCUT2D eigenvalue weighted by atomic mass is 35.5. The minimum absolute atomic E-state index is 0.633. The molecule has 0 saturated carbocycles. The molecule has 16 heavy (non-hydrogen) atoms. The Morgan fingerprint density at radius 2 is 2.31 bits per heavy atom. The van der Waals surface area contributed by atoms with Crippen LogP contribution in [-0.2, 0) is 0 Å². The van der Waals surface area contributed by atoms with Gasteiger partial charge in [0.25, 0.3) is 0 Å². The minimum atomic E-state index is 0.633. The molecule has 0 aliphatic carbocycles. The predicted molar refractivity (Wildman–Crippen MR) is 70.7 cm³/mol. The number of hydrogen-bond acceptors (Lipinski definition) is 3. The summed E-state index contributed by atoms with van der Waals surface area (Å²) in [5.41, 5.74) is 1.11. The maximum absolute atomic E-state index is 5.90. The molecule has 1 aromatic heterocycles. The smallest absolute Gasteiger partial charge is 0.186 e. The second-order valence-corrected chi connectivity index (χ2v) is 5.54. The van der Waals surface area contributed by atoms with E-state index < -0.39 is 0 Å². The Bertz CT molecular complexity index is 463. The molecule has 84 valence electrons. The fourth-order valence-corrected chi connectivity index (χ4v) is 3.38. The fraction of sp³-hybridized carbons (Fsp3) is 0.417. The van der Waals surface area contributed by atoms with E-state index in [1.165, 1.54) is 11.1 Å². The number of nitrogens with zero attached hydrogens (tertiary/aromatic N) is 2. The molecule has 2 nitrogen and oxygen atoms in total. The molecule has 2 aromatic rings. The Balaban J connectivity index is 1.89. The van der Waals surface area contributed by atoms with E-state index in [9.17, 15) is 0 Å². The lowest BCUT2D eigenvalue weighted by atomic mass is 10.2. The van der Waals surface area contributed by atoms with Gasteiger partial charge in [-0.3, -0.25) is 0 Å². The molecule has 1 aliphatic heterocycles. The second kappa shape index (κ2) is 4.22. The van der Waals surface area contributed by atoms with Crippen LogP contribution in [0, 0.1) is 5.92 Å². The molecule has 4 heteroatoms. The maximum Gasteiger partial charge on any atom is 0.186 e. The molecule has 1 aromatic carbocycles. The summed E-state index contributed by atoms with van der Waals surface area (Å²) >= 11 is 7.67. The van der Waals surface area contributed by atoms with Gasteiger partial charge in [-0.1, -0.05) is 23.5 Å². The minimum Gasteiger partial charge on any atom is -0.348 e. The second-order valence-electron chi connectivity index (χ2n) is 4.22. The van der Waals surface area contributed by atoms with Crippen molar-refractivity contribution in [1.29, 1.82) is 0 Å². The number of aromatic nitrogens is 1. The topological polar surface area (TPSA) is 16.1 Å². The van der Waals surface area contributed by atoms with Crippen molar-refractivity contribution in [2.45, 2.75) is 6.42 Å². The summed E-state index contributed by atoms with van der Waals surface area (Å²) in [6, 6.07) is 8.31. The molecular formula is C12H13ClN2S. The van der Waals surface area contributed by atoms with Crippen LogP contribution < -0.4 is 4.90 Å². The summed E-state index contributed by atoms with van der Waals surface area (Å²) in [5, 5.41) is 1.15. The van der Waals surface area contributed by atoms with Crippen LogP contribution in [-0.4, -0.2) is 24.0 Å². The van der Waals surface area contributed by atoms with Gasteiger partial charge in [0, 0.05) is 19.0 Å². The first-order chi connectivity index (χ1) is 7.86. The molecular weight excluding hydrogens is 240 g/mol. The molecule has 0 spiro atoms. The Hall–Kier alpha value is -0.800. The lowest BCUT2D eigenvalue weighted by Crippen LogP contribution is -2.19. The molecule has 1 unspecified atom stereocenters. The Labute approximate surface area is 104 Å². The number of hydrogen-bond donors (Lipinski definition) is 0. The number of para-hydroxylation sites is 1. The van der Waals surface area contributed by atoms with Gasteiger partial charge in [0.15, 0.2) is 5.13 Å².